The second kappa shape index (κ2) is 5.02. The third kappa shape index (κ3) is 2.30. The van der Waals surface area contributed by atoms with Crippen molar-refractivity contribution in [2.24, 2.45) is 5.41 Å². The van der Waals surface area contributed by atoms with Crippen molar-refractivity contribution in [1.82, 2.24) is 10.6 Å². The van der Waals surface area contributed by atoms with Crippen LogP contribution >= 0.6 is 0 Å². The summed E-state index contributed by atoms with van der Waals surface area (Å²) in [6, 6.07) is 6.69. The number of hydrogen-bond donors (Lipinski definition) is 2. The van der Waals surface area contributed by atoms with Gasteiger partial charge in [-0.05, 0) is 44.6 Å². The fourth-order valence-electron chi connectivity index (χ4n) is 3.15. The molecule has 0 radical (unpaired) electrons. The summed E-state index contributed by atoms with van der Waals surface area (Å²) in [5.74, 6) is 1.74. The van der Waals surface area contributed by atoms with Crippen LogP contribution in [0.3, 0.4) is 0 Å². The number of hydrogen-bond acceptors (Lipinski definition) is 4. The van der Waals surface area contributed by atoms with Gasteiger partial charge in [0.1, 0.15) is 13.2 Å². The van der Waals surface area contributed by atoms with Gasteiger partial charge in [-0.2, -0.15) is 0 Å². The summed E-state index contributed by atoms with van der Waals surface area (Å²) in [4.78, 5) is 0. The molecule has 3 rings (SSSR count). The third-order valence-electron chi connectivity index (χ3n) is 4.22. The predicted molar refractivity (Wildman–Crippen MR) is 74.8 cm³/mol. The summed E-state index contributed by atoms with van der Waals surface area (Å²) in [5, 5.41) is 6.80. The van der Waals surface area contributed by atoms with Gasteiger partial charge in [0.15, 0.2) is 11.5 Å². The molecule has 4 heteroatoms. The quantitative estimate of drug-likeness (QED) is 0.848. The van der Waals surface area contributed by atoms with Crippen LogP contribution in [0.5, 0.6) is 11.5 Å². The van der Waals surface area contributed by atoms with E-state index in [4.69, 9.17) is 9.47 Å². The van der Waals surface area contributed by atoms with Gasteiger partial charge in [-0.3, -0.25) is 0 Å². The molecule has 1 heterocycles. The molecule has 1 saturated carbocycles. The Morgan fingerprint density at radius 2 is 1.89 bits per heavy atom. The van der Waals surface area contributed by atoms with Crippen LogP contribution in [0.1, 0.15) is 24.4 Å². The third-order valence-corrected chi connectivity index (χ3v) is 4.22. The van der Waals surface area contributed by atoms with Gasteiger partial charge in [0.2, 0.25) is 0 Å². The summed E-state index contributed by atoms with van der Waals surface area (Å²) in [6.45, 7) is 2.33. The van der Waals surface area contributed by atoms with E-state index in [1.54, 1.807) is 0 Å². The molecule has 0 aromatic heterocycles. The van der Waals surface area contributed by atoms with E-state index in [0.717, 1.165) is 18.0 Å². The summed E-state index contributed by atoms with van der Waals surface area (Å²) >= 11 is 0. The molecular weight excluding hydrogens is 240 g/mol. The maximum atomic E-state index is 5.68. The van der Waals surface area contributed by atoms with Crippen molar-refractivity contribution in [2.75, 3.05) is 33.9 Å². The van der Waals surface area contributed by atoms with E-state index in [0.29, 0.717) is 24.7 Å². The van der Waals surface area contributed by atoms with E-state index < -0.39 is 0 Å². The lowest BCUT2D eigenvalue weighted by molar-refractivity contribution is 0.171. The highest BCUT2D eigenvalue weighted by atomic mass is 16.6. The molecule has 0 saturated heterocycles. The van der Waals surface area contributed by atoms with Crippen LogP contribution in [0.2, 0.25) is 0 Å². The minimum atomic E-state index is 0.354. The molecule has 2 aliphatic rings. The van der Waals surface area contributed by atoms with Gasteiger partial charge in [0.25, 0.3) is 0 Å². The first-order valence-electron chi connectivity index (χ1n) is 7.00. The average Bonchev–Trinajstić information content (AvgIpc) is 3.20. The van der Waals surface area contributed by atoms with Crippen molar-refractivity contribution in [1.29, 1.82) is 0 Å². The van der Waals surface area contributed by atoms with Gasteiger partial charge in [-0.1, -0.05) is 6.07 Å². The van der Waals surface area contributed by atoms with Gasteiger partial charge in [0.05, 0.1) is 0 Å². The van der Waals surface area contributed by atoms with Crippen molar-refractivity contribution in [3.05, 3.63) is 23.8 Å². The van der Waals surface area contributed by atoms with Gasteiger partial charge < -0.3 is 20.1 Å². The Morgan fingerprint density at radius 3 is 2.53 bits per heavy atom. The lowest BCUT2D eigenvalue weighted by Crippen LogP contribution is -2.33. The van der Waals surface area contributed by atoms with E-state index in [1.807, 2.05) is 20.2 Å². The average molecular weight is 262 g/mol. The molecule has 1 unspecified atom stereocenters. The molecule has 0 spiro atoms. The number of ether oxygens (including phenoxy) is 2. The first kappa shape index (κ1) is 12.8. The number of rotatable bonds is 5. The van der Waals surface area contributed by atoms with E-state index >= 15 is 0 Å². The molecule has 104 valence electrons. The molecule has 1 fully saturated rings. The molecule has 1 aliphatic carbocycles. The summed E-state index contributed by atoms with van der Waals surface area (Å²) in [5.41, 5.74) is 1.65. The smallest absolute Gasteiger partial charge is 0.161 e. The Kier molecular flexibility index (Phi) is 3.37. The van der Waals surface area contributed by atoms with E-state index in [-0.39, 0.29) is 0 Å². The highest BCUT2D eigenvalue weighted by molar-refractivity contribution is 5.45. The molecule has 1 aromatic carbocycles. The van der Waals surface area contributed by atoms with Crippen LogP contribution in [0, 0.1) is 5.41 Å². The zero-order chi connectivity index (χ0) is 13.3. The Labute approximate surface area is 114 Å². The Hall–Kier alpha value is -1.26. The highest BCUT2D eigenvalue weighted by Gasteiger charge is 2.48. The number of benzene rings is 1. The summed E-state index contributed by atoms with van der Waals surface area (Å²) in [6.07, 6.45) is 2.54. The van der Waals surface area contributed by atoms with Gasteiger partial charge in [-0.15, -0.1) is 0 Å². The fourth-order valence-corrected chi connectivity index (χ4v) is 3.15. The lowest BCUT2D eigenvalue weighted by atomic mass is 9.89. The number of nitrogens with one attached hydrogen (secondary N) is 2. The first-order valence-corrected chi connectivity index (χ1v) is 7.00. The molecule has 19 heavy (non-hydrogen) atoms. The monoisotopic (exact) mass is 262 g/mol. The fraction of sp³-hybridized carbons (Fsp3) is 0.600. The van der Waals surface area contributed by atoms with Crippen molar-refractivity contribution < 1.29 is 9.47 Å². The van der Waals surface area contributed by atoms with Crippen molar-refractivity contribution in [3.63, 3.8) is 0 Å². The molecule has 1 aromatic rings. The van der Waals surface area contributed by atoms with Crippen LogP contribution in [0.4, 0.5) is 0 Å². The van der Waals surface area contributed by atoms with E-state index in [2.05, 4.69) is 22.8 Å². The predicted octanol–water partition coefficient (Wildman–Crippen LogP) is 1.72. The Morgan fingerprint density at radius 1 is 1.16 bits per heavy atom. The SMILES string of the molecule is CNCC1(C(NC)c2ccc3c(c2)OCCO3)CC1. The zero-order valence-corrected chi connectivity index (χ0v) is 11.7. The first-order chi connectivity index (χ1) is 9.29. The van der Waals surface area contributed by atoms with Crippen LogP contribution in [-0.2, 0) is 0 Å². The maximum Gasteiger partial charge on any atom is 0.161 e. The highest BCUT2D eigenvalue weighted by Crippen LogP contribution is 2.54. The van der Waals surface area contributed by atoms with E-state index in [1.165, 1.54) is 18.4 Å². The van der Waals surface area contributed by atoms with Gasteiger partial charge >= 0.3 is 0 Å². The second-order valence-corrected chi connectivity index (χ2v) is 5.52. The number of fused-ring (bicyclic) bond motifs is 1. The minimum Gasteiger partial charge on any atom is -0.486 e. The topological polar surface area (TPSA) is 42.5 Å². The van der Waals surface area contributed by atoms with Crippen LogP contribution < -0.4 is 20.1 Å². The second-order valence-electron chi connectivity index (χ2n) is 5.52. The normalized spacial score (nSPS) is 20.9. The zero-order valence-electron chi connectivity index (χ0n) is 11.7. The summed E-state index contributed by atoms with van der Waals surface area (Å²) < 4.78 is 11.3. The molecule has 2 N–H and O–H groups in total. The molecular formula is C15H22N2O2. The maximum absolute atomic E-state index is 5.68. The van der Waals surface area contributed by atoms with Crippen LogP contribution in [0.15, 0.2) is 18.2 Å². The van der Waals surface area contributed by atoms with Crippen molar-refractivity contribution in [2.45, 2.75) is 18.9 Å². The van der Waals surface area contributed by atoms with Crippen LogP contribution in [0.25, 0.3) is 0 Å². The lowest BCUT2D eigenvalue weighted by Gasteiger charge is -2.28. The summed E-state index contributed by atoms with van der Waals surface area (Å²) in [7, 11) is 4.06. The Bertz CT molecular complexity index is 457. The largest absolute Gasteiger partial charge is 0.486 e. The van der Waals surface area contributed by atoms with Crippen molar-refractivity contribution >= 4 is 0 Å². The van der Waals surface area contributed by atoms with Gasteiger partial charge in [-0.25, -0.2) is 0 Å². The van der Waals surface area contributed by atoms with Crippen LogP contribution in [-0.4, -0.2) is 33.9 Å². The van der Waals surface area contributed by atoms with E-state index in [9.17, 15) is 0 Å². The molecule has 0 amide bonds. The molecule has 1 atom stereocenters. The molecule has 4 nitrogen and oxygen atoms in total. The molecule has 0 bridgehead atoms. The Balaban J connectivity index is 1.87. The van der Waals surface area contributed by atoms with Crippen molar-refractivity contribution in [3.8, 4) is 11.5 Å². The standard InChI is InChI=1S/C15H22N2O2/c1-16-10-15(5-6-15)14(17-2)11-3-4-12-13(9-11)19-8-7-18-12/h3-4,9,14,16-17H,5-8,10H2,1-2H3. The molecule has 1 aliphatic heterocycles. The minimum absolute atomic E-state index is 0.354. The van der Waals surface area contributed by atoms with Gasteiger partial charge in [0, 0.05) is 18.0 Å².